The molecule has 1 atom stereocenters. The monoisotopic (exact) mass is 252 g/mol. The lowest BCUT2D eigenvalue weighted by molar-refractivity contribution is 0.503. The molecule has 1 aromatic heterocycles. The normalized spacial score (nSPS) is 12.4. The van der Waals surface area contributed by atoms with E-state index in [0.29, 0.717) is 11.1 Å². The molecule has 0 aliphatic heterocycles. The Balaban J connectivity index is 2.45. The van der Waals surface area contributed by atoms with Gasteiger partial charge in [-0.3, -0.25) is 4.98 Å². The molecule has 0 aliphatic rings. The molecule has 0 fully saturated rings. The zero-order chi connectivity index (χ0) is 13.1. The third-order valence-electron chi connectivity index (χ3n) is 2.68. The van der Waals surface area contributed by atoms with Gasteiger partial charge in [-0.25, -0.2) is 13.2 Å². The number of hydrogen-bond donors (Lipinski definition) is 1. The Morgan fingerprint density at radius 1 is 1.06 bits per heavy atom. The van der Waals surface area contributed by atoms with Gasteiger partial charge in [0.15, 0.2) is 11.6 Å². The predicted molar refractivity (Wildman–Crippen MR) is 61.5 cm³/mol. The molecule has 1 unspecified atom stereocenters. The summed E-state index contributed by atoms with van der Waals surface area (Å²) in [6.07, 6.45) is 2.53. The second-order valence-electron chi connectivity index (χ2n) is 3.79. The van der Waals surface area contributed by atoms with E-state index < -0.39 is 23.5 Å². The molecule has 0 amide bonds. The van der Waals surface area contributed by atoms with Gasteiger partial charge in [0, 0.05) is 11.8 Å². The average molecular weight is 252 g/mol. The molecule has 94 valence electrons. The Morgan fingerprint density at radius 2 is 1.83 bits per heavy atom. The number of hydrogen-bond acceptors (Lipinski definition) is 2. The van der Waals surface area contributed by atoms with E-state index in [1.54, 1.807) is 7.05 Å². The Hall–Kier alpha value is -1.88. The minimum Gasteiger partial charge on any atom is -0.309 e. The van der Waals surface area contributed by atoms with Crippen LogP contribution in [0.25, 0.3) is 0 Å². The van der Waals surface area contributed by atoms with E-state index in [0.717, 1.165) is 18.3 Å². The Bertz CT molecular complexity index is 558. The van der Waals surface area contributed by atoms with Crippen LogP contribution < -0.4 is 5.32 Å². The summed E-state index contributed by atoms with van der Waals surface area (Å²) in [7, 11) is 1.62. The van der Waals surface area contributed by atoms with Gasteiger partial charge in [-0.05, 0) is 30.8 Å². The third-order valence-corrected chi connectivity index (χ3v) is 2.68. The SMILES string of the molecule is CNC(c1ccc(F)c(F)c1)c1ccncc1F. The van der Waals surface area contributed by atoms with Crippen LogP contribution in [0.5, 0.6) is 0 Å². The zero-order valence-corrected chi connectivity index (χ0v) is 9.62. The van der Waals surface area contributed by atoms with Crippen LogP contribution >= 0.6 is 0 Å². The molecule has 0 spiro atoms. The number of aromatic nitrogens is 1. The standard InChI is InChI=1S/C13H11F3N2/c1-17-13(9-4-5-18-7-12(9)16)8-2-3-10(14)11(15)6-8/h2-7,13,17H,1H3. The van der Waals surface area contributed by atoms with E-state index in [9.17, 15) is 13.2 Å². The highest BCUT2D eigenvalue weighted by Crippen LogP contribution is 2.24. The lowest BCUT2D eigenvalue weighted by Gasteiger charge is -2.17. The first-order valence-corrected chi connectivity index (χ1v) is 5.35. The quantitative estimate of drug-likeness (QED) is 0.908. The minimum absolute atomic E-state index is 0.332. The number of nitrogens with one attached hydrogen (secondary N) is 1. The van der Waals surface area contributed by atoms with Crippen molar-refractivity contribution in [3.8, 4) is 0 Å². The van der Waals surface area contributed by atoms with Crippen LogP contribution in [0.2, 0.25) is 0 Å². The maximum Gasteiger partial charge on any atom is 0.159 e. The maximum absolute atomic E-state index is 13.6. The largest absolute Gasteiger partial charge is 0.309 e. The van der Waals surface area contributed by atoms with E-state index in [1.165, 1.54) is 18.3 Å². The van der Waals surface area contributed by atoms with Gasteiger partial charge in [-0.2, -0.15) is 0 Å². The Kier molecular flexibility index (Phi) is 3.62. The summed E-state index contributed by atoms with van der Waals surface area (Å²) in [4.78, 5) is 3.65. The summed E-state index contributed by atoms with van der Waals surface area (Å²) >= 11 is 0. The first kappa shape index (κ1) is 12.6. The Labute approximate surface area is 102 Å². The molecule has 0 saturated carbocycles. The lowest BCUT2D eigenvalue weighted by Crippen LogP contribution is -2.19. The van der Waals surface area contributed by atoms with Crippen LogP contribution in [0.1, 0.15) is 17.2 Å². The van der Waals surface area contributed by atoms with Crippen molar-refractivity contribution >= 4 is 0 Å². The van der Waals surface area contributed by atoms with Crippen molar-refractivity contribution in [1.82, 2.24) is 10.3 Å². The predicted octanol–water partition coefficient (Wildman–Crippen LogP) is 2.81. The molecule has 0 aliphatic carbocycles. The van der Waals surface area contributed by atoms with Crippen molar-refractivity contribution < 1.29 is 13.2 Å². The van der Waals surface area contributed by atoms with E-state index in [1.807, 2.05) is 0 Å². The number of benzene rings is 1. The van der Waals surface area contributed by atoms with Gasteiger partial charge >= 0.3 is 0 Å². The Morgan fingerprint density at radius 3 is 2.44 bits per heavy atom. The fourth-order valence-corrected chi connectivity index (χ4v) is 1.81. The highest BCUT2D eigenvalue weighted by Gasteiger charge is 2.17. The van der Waals surface area contributed by atoms with E-state index in [4.69, 9.17) is 0 Å². The topological polar surface area (TPSA) is 24.9 Å². The van der Waals surface area contributed by atoms with Crippen LogP contribution in [0.3, 0.4) is 0 Å². The average Bonchev–Trinajstić information content (AvgIpc) is 2.37. The van der Waals surface area contributed by atoms with Crippen LogP contribution in [-0.2, 0) is 0 Å². The summed E-state index contributed by atoms with van der Waals surface area (Å²) in [5.74, 6) is -2.38. The van der Waals surface area contributed by atoms with Crippen LogP contribution in [0.4, 0.5) is 13.2 Å². The smallest absolute Gasteiger partial charge is 0.159 e. The number of halogens is 3. The van der Waals surface area contributed by atoms with Gasteiger partial charge < -0.3 is 5.32 Å². The lowest BCUT2D eigenvalue weighted by atomic mass is 9.99. The van der Waals surface area contributed by atoms with Crippen molar-refractivity contribution in [1.29, 1.82) is 0 Å². The summed E-state index contributed by atoms with van der Waals surface area (Å²) in [5, 5.41) is 2.87. The van der Waals surface area contributed by atoms with Gasteiger partial charge in [-0.1, -0.05) is 6.07 Å². The van der Waals surface area contributed by atoms with E-state index >= 15 is 0 Å². The summed E-state index contributed by atoms with van der Waals surface area (Å²) in [6.45, 7) is 0. The number of rotatable bonds is 3. The molecule has 1 N–H and O–H groups in total. The fourth-order valence-electron chi connectivity index (χ4n) is 1.81. The first-order chi connectivity index (χ1) is 8.63. The molecule has 0 bridgehead atoms. The second-order valence-corrected chi connectivity index (χ2v) is 3.79. The van der Waals surface area contributed by atoms with Crippen LogP contribution in [0.15, 0.2) is 36.7 Å². The summed E-state index contributed by atoms with van der Waals surface area (Å²) in [5.41, 5.74) is 0.778. The highest BCUT2D eigenvalue weighted by atomic mass is 19.2. The van der Waals surface area contributed by atoms with Gasteiger partial charge in [0.25, 0.3) is 0 Å². The molecule has 1 aromatic carbocycles. The van der Waals surface area contributed by atoms with Crippen molar-refractivity contribution in [2.45, 2.75) is 6.04 Å². The molecule has 5 heteroatoms. The molecule has 18 heavy (non-hydrogen) atoms. The summed E-state index contributed by atoms with van der Waals surface area (Å²) < 4.78 is 39.7. The zero-order valence-electron chi connectivity index (χ0n) is 9.62. The molecular weight excluding hydrogens is 241 g/mol. The van der Waals surface area contributed by atoms with Crippen LogP contribution in [-0.4, -0.2) is 12.0 Å². The molecule has 0 saturated heterocycles. The molecule has 2 rings (SSSR count). The molecule has 2 nitrogen and oxygen atoms in total. The van der Waals surface area contributed by atoms with Crippen molar-refractivity contribution in [3.63, 3.8) is 0 Å². The number of nitrogens with zero attached hydrogens (tertiary/aromatic N) is 1. The molecule has 2 aromatic rings. The first-order valence-electron chi connectivity index (χ1n) is 5.35. The number of pyridine rings is 1. The van der Waals surface area contributed by atoms with E-state index in [2.05, 4.69) is 10.3 Å². The second kappa shape index (κ2) is 5.18. The summed E-state index contributed by atoms with van der Waals surface area (Å²) in [6, 6.07) is 4.44. The van der Waals surface area contributed by atoms with Gasteiger partial charge in [0.05, 0.1) is 12.2 Å². The van der Waals surface area contributed by atoms with Crippen molar-refractivity contribution in [2.75, 3.05) is 7.05 Å². The third kappa shape index (κ3) is 2.36. The van der Waals surface area contributed by atoms with Gasteiger partial charge in [0.2, 0.25) is 0 Å². The minimum atomic E-state index is -0.956. The van der Waals surface area contributed by atoms with Gasteiger partial charge in [-0.15, -0.1) is 0 Å². The fraction of sp³-hybridized carbons (Fsp3) is 0.154. The molecule has 0 radical (unpaired) electrons. The van der Waals surface area contributed by atoms with Crippen molar-refractivity contribution in [2.24, 2.45) is 0 Å². The maximum atomic E-state index is 13.6. The van der Waals surface area contributed by atoms with Crippen molar-refractivity contribution in [3.05, 3.63) is 65.2 Å². The van der Waals surface area contributed by atoms with Crippen LogP contribution in [0, 0.1) is 17.5 Å². The molecular formula is C13H11F3N2. The van der Waals surface area contributed by atoms with Gasteiger partial charge in [0.1, 0.15) is 5.82 Å². The highest BCUT2D eigenvalue weighted by molar-refractivity contribution is 5.32. The molecule has 1 heterocycles. The van der Waals surface area contributed by atoms with E-state index in [-0.39, 0.29) is 0 Å².